The van der Waals surface area contributed by atoms with E-state index in [1.54, 1.807) is 7.11 Å². The molecule has 2 rings (SSSR count). The third kappa shape index (κ3) is 1.76. The summed E-state index contributed by atoms with van der Waals surface area (Å²) in [6.07, 6.45) is 1.20. The SMILES string of the molecule is COc1ccc2c(c1)C(C)(C)CC(=O)C2. The van der Waals surface area contributed by atoms with Crippen LogP contribution in [0, 0.1) is 0 Å². The van der Waals surface area contributed by atoms with E-state index in [0.717, 1.165) is 11.3 Å². The maximum Gasteiger partial charge on any atom is 0.138 e. The zero-order valence-electron chi connectivity index (χ0n) is 9.46. The third-order valence-corrected chi connectivity index (χ3v) is 3.07. The van der Waals surface area contributed by atoms with Crippen molar-refractivity contribution in [3.8, 4) is 5.75 Å². The molecule has 0 saturated heterocycles. The molecule has 0 radical (unpaired) electrons. The third-order valence-electron chi connectivity index (χ3n) is 3.07. The summed E-state index contributed by atoms with van der Waals surface area (Å²) < 4.78 is 5.22. The van der Waals surface area contributed by atoms with Gasteiger partial charge in [-0.05, 0) is 28.7 Å². The topological polar surface area (TPSA) is 26.3 Å². The minimum atomic E-state index is -0.0563. The molecular weight excluding hydrogens is 188 g/mol. The number of fused-ring (bicyclic) bond motifs is 1. The highest BCUT2D eigenvalue weighted by Gasteiger charge is 2.31. The first-order valence-electron chi connectivity index (χ1n) is 5.22. The molecule has 0 spiro atoms. The molecule has 15 heavy (non-hydrogen) atoms. The van der Waals surface area contributed by atoms with E-state index in [2.05, 4.69) is 19.9 Å². The Bertz CT molecular complexity index is 405. The molecule has 0 amide bonds. The molecule has 0 aromatic heterocycles. The molecule has 1 aromatic rings. The van der Waals surface area contributed by atoms with Gasteiger partial charge in [-0.1, -0.05) is 19.9 Å². The van der Waals surface area contributed by atoms with Crippen LogP contribution in [0.5, 0.6) is 5.75 Å². The average Bonchev–Trinajstić information content (AvgIpc) is 2.16. The lowest BCUT2D eigenvalue weighted by atomic mass is 9.72. The summed E-state index contributed by atoms with van der Waals surface area (Å²) in [5.41, 5.74) is 2.35. The summed E-state index contributed by atoms with van der Waals surface area (Å²) >= 11 is 0. The Kier molecular flexibility index (Phi) is 2.29. The fourth-order valence-corrected chi connectivity index (χ4v) is 2.33. The summed E-state index contributed by atoms with van der Waals surface area (Å²) in [5.74, 6) is 1.20. The summed E-state index contributed by atoms with van der Waals surface area (Å²) in [6, 6.07) is 5.99. The number of hydrogen-bond donors (Lipinski definition) is 0. The zero-order chi connectivity index (χ0) is 11.1. The van der Waals surface area contributed by atoms with Gasteiger partial charge in [-0.3, -0.25) is 4.79 Å². The average molecular weight is 204 g/mol. The molecule has 1 aliphatic carbocycles. The molecule has 0 bridgehead atoms. The molecule has 80 valence electrons. The zero-order valence-corrected chi connectivity index (χ0v) is 9.46. The standard InChI is InChI=1S/C13H16O2/c1-13(2)8-10(14)6-9-4-5-11(15-3)7-12(9)13/h4-5,7H,6,8H2,1-3H3. The van der Waals surface area contributed by atoms with Gasteiger partial charge in [0, 0.05) is 12.8 Å². The highest BCUT2D eigenvalue weighted by Crippen LogP contribution is 2.36. The van der Waals surface area contributed by atoms with Crippen LogP contribution in [0.1, 0.15) is 31.4 Å². The number of carbonyl (C=O) groups excluding carboxylic acids is 1. The number of Topliss-reactive ketones (excluding diaryl/α,β-unsaturated/α-hetero) is 1. The van der Waals surface area contributed by atoms with Gasteiger partial charge in [0.1, 0.15) is 11.5 Å². The largest absolute Gasteiger partial charge is 0.497 e. The normalized spacial score (nSPS) is 18.5. The molecule has 0 N–H and O–H groups in total. The van der Waals surface area contributed by atoms with Gasteiger partial charge in [-0.15, -0.1) is 0 Å². The summed E-state index contributed by atoms with van der Waals surface area (Å²) in [5, 5.41) is 0. The van der Waals surface area contributed by atoms with Crippen molar-refractivity contribution in [1.82, 2.24) is 0 Å². The molecule has 2 nitrogen and oxygen atoms in total. The molecule has 0 heterocycles. The van der Waals surface area contributed by atoms with E-state index in [9.17, 15) is 4.79 Å². The van der Waals surface area contributed by atoms with Crippen molar-refractivity contribution in [2.45, 2.75) is 32.1 Å². The summed E-state index contributed by atoms with van der Waals surface area (Å²) in [7, 11) is 1.67. The van der Waals surface area contributed by atoms with Crippen LogP contribution in [-0.2, 0) is 16.6 Å². The van der Waals surface area contributed by atoms with Crippen LogP contribution in [-0.4, -0.2) is 12.9 Å². The van der Waals surface area contributed by atoms with Crippen molar-refractivity contribution >= 4 is 5.78 Å². The lowest BCUT2D eigenvalue weighted by molar-refractivity contribution is -0.120. The fourth-order valence-electron chi connectivity index (χ4n) is 2.33. The number of hydrogen-bond acceptors (Lipinski definition) is 2. The second kappa shape index (κ2) is 3.37. The Hall–Kier alpha value is -1.31. The fraction of sp³-hybridized carbons (Fsp3) is 0.462. The predicted octanol–water partition coefficient (Wildman–Crippen LogP) is 2.49. The Morgan fingerprint density at radius 1 is 1.33 bits per heavy atom. The number of carbonyl (C=O) groups is 1. The predicted molar refractivity (Wildman–Crippen MR) is 59.3 cm³/mol. The van der Waals surface area contributed by atoms with E-state index in [1.165, 1.54) is 5.56 Å². The molecule has 1 aliphatic rings. The molecule has 0 saturated carbocycles. The smallest absolute Gasteiger partial charge is 0.138 e. The number of methoxy groups -OCH3 is 1. The van der Waals surface area contributed by atoms with Crippen molar-refractivity contribution in [3.05, 3.63) is 29.3 Å². The van der Waals surface area contributed by atoms with Gasteiger partial charge < -0.3 is 4.74 Å². The molecule has 0 atom stereocenters. The second-order valence-corrected chi connectivity index (χ2v) is 4.80. The Morgan fingerprint density at radius 3 is 2.73 bits per heavy atom. The van der Waals surface area contributed by atoms with E-state index < -0.39 is 0 Å². The first kappa shape index (κ1) is 10.2. The van der Waals surface area contributed by atoms with Crippen LogP contribution in [0.3, 0.4) is 0 Å². The van der Waals surface area contributed by atoms with Crippen LogP contribution in [0.4, 0.5) is 0 Å². The Balaban J connectivity index is 2.53. The lowest BCUT2D eigenvalue weighted by Gasteiger charge is -2.31. The quantitative estimate of drug-likeness (QED) is 0.702. The van der Waals surface area contributed by atoms with Gasteiger partial charge in [0.25, 0.3) is 0 Å². The monoisotopic (exact) mass is 204 g/mol. The number of ether oxygens (including phenoxy) is 1. The highest BCUT2D eigenvalue weighted by molar-refractivity contribution is 5.85. The van der Waals surface area contributed by atoms with Crippen molar-refractivity contribution in [2.24, 2.45) is 0 Å². The van der Waals surface area contributed by atoms with E-state index >= 15 is 0 Å². The number of benzene rings is 1. The minimum Gasteiger partial charge on any atom is -0.497 e. The van der Waals surface area contributed by atoms with Gasteiger partial charge in [-0.25, -0.2) is 0 Å². The highest BCUT2D eigenvalue weighted by atomic mass is 16.5. The van der Waals surface area contributed by atoms with E-state index in [1.807, 2.05) is 12.1 Å². The summed E-state index contributed by atoms with van der Waals surface area (Å²) in [6.45, 7) is 4.23. The second-order valence-electron chi connectivity index (χ2n) is 4.80. The molecule has 0 aliphatic heterocycles. The Labute approximate surface area is 90.3 Å². The van der Waals surface area contributed by atoms with Crippen LogP contribution in [0.25, 0.3) is 0 Å². The van der Waals surface area contributed by atoms with Gasteiger partial charge in [0.2, 0.25) is 0 Å². The maximum atomic E-state index is 11.6. The lowest BCUT2D eigenvalue weighted by Crippen LogP contribution is -2.29. The Morgan fingerprint density at radius 2 is 2.07 bits per heavy atom. The van der Waals surface area contributed by atoms with Gasteiger partial charge in [0.15, 0.2) is 0 Å². The van der Waals surface area contributed by atoms with Crippen molar-refractivity contribution < 1.29 is 9.53 Å². The van der Waals surface area contributed by atoms with Gasteiger partial charge in [0.05, 0.1) is 7.11 Å². The van der Waals surface area contributed by atoms with Crippen LogP contribution < -0.4 is 4.74 Å². The van der Waals surface area contributed by atoms with Gasteiger partial charge in [-0.2, -0.15) is 0 Å². The first-order chi connectivity index (χ1) is 7.03. The molecule has 0 fully saturated rings. The van der Waals surface area contributed by atoms with E-state index in [0.29, 0.717) is 18.6 Å². The number of ketones is 1. The first-order valence-corrected chi connectivity index (χ1v) is 5.22. The van der Waals surface area contributed by atoms with E-state index in [4.69, 9.17) is 4.74 Å². The van der Waals surface area contributed by atoms with E-state index in [-0.39, 0.29) is 5.41 Å². The molecular formula is C13H16O2. The number of rotatable bonds is 1. The molecule has 0 unspecified atom stereocenters. The molecule has 2 heteroatoms. The minimum absolute atomic E-state index is 0.0563. The van der Waals surface area contributed by atoms with Gasteiger partial charge >= 0.3 is 0 Å². The maximum absolute atomic E-state index is 11.6. The molecule has 1 aromatic carbocycles. The summed E-state index contributed by atoms with van der Waals surface area (Å²) in [4.78, 5) is 11.6. The van der Waals surface area contributed by atoms with Crippen LogP contribution >= 0.6 is 0 Å². The van der Waals surface area contributed by atoms with Crippen LogP contribution in [0.15, 0.2) is 18.2 Å². The van der Waals surface area contributed by atoms with Crippen molar-refractivity contribution in [2.75, 3.05) is 7.11 Å². The van der Waals surface area contributed by atoms with Crippen molar-refractivity contribution in [3.63, 3.8) is 0 Å². The van der Waals surface area contributed by atoms with Crippen LogP contribution in [0.2, 0.25) is 0 Å². The van der Waals surface area contributed by atoms with Crippen molar-refractivity contribution in [1.29, 1.82) is 0 Å².